The molecule has 0 aromatic heterocycles. The minimum Gasteiger partial charge on any atom is -0.481 e. The molecular weight excluding hydrogens is 397 g/mol. The summed E-state index contributed by atoms with van der Waals surface area (Å²) in [6.45, 7) is 0.0172. The molecular formula is C25H22FNO4. The normalized spacial score (nSPS) is 14.4. The number of benzene rings is 3. The van der Waals surface area contributed by atoms with Gasteiger partial charge in [0.15, 0.2) is 5.92 Å². The molecule has 0 saturated heterocycles. The van der Waals surface area contributed by atoms with E-state index in [1.807, 2.05) is 48.5 Å². The quantitative estimate of drug-likeness (QED) is 0.450. The molecule has 3 aromatic carbocycles. The number of ether oxygens (including phenoxy) is 1. The van der Waals surface area contributed by atoms with Crippen molar-refractivity contribution in [3.8, 4) is 11.1 Å². The average Bonchev–Trinajstić information content (AvgIpc) is 3.06. The van der Waals surface area contributed by atoms with Gasteiger partial charge in [0.2, 0.25) is 0 Å². The van der Waals surface area contributed by atoms with Gasteiger partial charge >= 0.3 is 11.9 Å². The van der Waals surface area contributed by atoms with E-state index in [-0.39, 0.29) is 18.9 Å². The molecule has 0 heterocycles. The highest BCUT2D eigenvalue weighted by atomic mass is 19.1. The second kappa shape index (κ2) is 8.70. The smallest absolute Gasteiger partial charge is 0.321 e. The molecule has 158 valence electrons. The average molecular weight is 419 g/mol. The van der Waals surface area contributed by atoms with Crippen LogP contribution in [0.15, 0.2) is 72.8 Å². The molecule has 2 atom stereocenters. The van der Waals surface area contributed by atoms with Gasteiger partial charge in [0.25, 0.3) is 0 Å². The van der Waals surface area contributed by atoms with E-state index in [1.54, 1.807) is 6.07 Å². The van der Waals surface area contributed by atoms with E-state index < -0.39 is 29.7 Å². The Morgan fingerprint density at radius 3 is 2.16 bits per heavy atom. The summed E-state index contributed by atoms with van der Waals surface area (Å²) in [7, 11) is 0. The molecule has 0 amide bonds. The first kappa shape index (κ1) is 20.8. The van der Waals surface area contributed by atoms with Crippen molar-refractivity contribution in [3.63, 3.8) is 0 Å². The van der Waals surface area contributed by atoms with Gasteiger partial charge in [0, 0.05) is 12.0 Å². The Labute approximate surface area is 179 Å². The van der Waals surface area contributed by atoms with E-state index in [1.165, 1.54) is 18.2 Å². The van der Waals surface area contributed by atoms with Crippen molar-refractivity contribution in [1.82, 2.24) is 0 Å². The lowest BCUT2D eigenvalue weighted by molar-refractivity contribution is -0.159. The van der Waals surface area contributed by atoms with Crippen LogP contribution in [0.3, 0.4) is 0 Å². The first-order valence-electron chi connectivity index (χ1n) is 10.0. The lowest BCUT2D eigenvalue weighted by Gasteiger charge is -2.21. The molecule has 6 heteroatoms. The number of carboxylic acids is 1. The number of halogens is 1. The predicted octanol–water partition coefficient (Wildman–Crippen LogP) is 3.75. The molecule has 1 unspecified atom stereocenters. The number of carbonyl (C=O) groups is 2. The zero-order valence-electron chi connectivity index (χ0n) is 16.7. The zero-order valence-corrected chi connectivity index (χ0v) is 16.7. The van der Waals surface area contributed by atoms with Gasteiger partial charge in [-0.05, 0) is 46.4 Å². The lowest BCUT2D eigenvalue weighted by atomic mass is 9.94. The summed E-state index contributed by atoms with van der Waals surface area (Å²) in [4.78, 5) is 24.5. The highest BCUT2D eigenvalue weighted by molar-refractivity contribution is 5.95. The number of hydrogen-bond acceptors (Lipinski definition) is 4. The van der Waals surface area contributed by atoms with Crippen LogP contribution in [0.5, 0.6) is 0 Å². The monoisotopic (exact) mass is 419 g/mol. The second-order valence-corrected chi connectivity index (χ2v) is 7.67. The van der Waals surface area contributed by atoms with E-state index >= 15 is 0 Å². The number of hydrogen-bond donors (Lipinski definition) is 2. The van der Waals surface area contributed by atoms with Crippen LogP contribution in [0.4, 0.5) is 4.39 Å². The fourth-order valence-corrected chi connectivity index (χ4v) is 4.21. The molecule has 31 heavy (non-hydrogen) atoms. The number of aliphatic carboxylic acids is 1. The van der Waals surface area contributed by atoms with Crippen LogP contribution >= 0.6 is 0 Å². The molecule has 0 saturated carbocycles. The fourth-order valence-electron chi connectivity index (χ4n) is 4.21. The van der Waals surface area contributed by atoms with Crippen molar-refractivity contribution in [2.75, 3.05) is 6.61 Å². The highest BCUT2D eigenvalue weighted by Gasteiger charge is 2.36. The molecule has 3 N–H and O–H groups in total. The SMILES string of the molecule is NC(Cc1cccc(F)c1)[C@@H](C(=O)O)C(=O)OCC1c2ccccc2-c2ccccc21. The molecule has 4 rings (SSSR count). The van der Waals surface area contributed by atoms with E-state index in [2.05, 4.69) is 0 Å². The summed E-state index contributed by atoms with van der Waals surface area (Å²) in [6.07, 6.45) is 0.0406. The fraction of sp³-hybridized carbons (Fsp3) is 0.200. The minimum absolute atomic E-state index is 0.0172. The van der Waals surface area contributed by atoms with E-state index in [9.17, 15) is 19.1 Å². The zero-order chi connectivity index (χ0) is 22.0. The Hall–Kier alpha value is -3.51. The highest BCUT2D eigenvalue weighted by Crippen LogP contribution is 2.44. The van der Waals surface area contributed by atoms with Crippen LogP contribution in [0.2, 0.25) is 0 Å². The van der Waals surface area contributed by atoms with Crippen LogP contribution in [-0.4, -0.2) is 29.7 Å². The van der Waals surface area contributed by atoms with Crippen molar-refractivity contribution >= 4 is 11.9 Å². The third-order valence-electron chi connectivity index (χ3n) is 5.66. The Morgan fingerprint density at radius 2 is 1.58 bits per heavy atom. The van der Waals surface area contributed by atoms with E-state index in [0.29, 0.717) is 5.56 Å². The minimum atomic E-state index is -1.55. The van der Waals surface area contributed by atoms with Crippen LogP contribution in [0.25, 0.3) is 11.1 Å². The molecule has 0 aliphatic heterocycles. The topological polar surface area (TPSA) is 89.6 Å². The van der Waals surface area contributed by atoms with Crippen molar-refractivity contribution in [1.29, 1.82) is 0 Å². The van der Waals surface area contributed by atoms with Crippen LogP contribution in [0.1, 0.15) is 22.6 Å². The van der Waals surface area contributed by atoms with Gasteiger partial charge in [-0.15, -0.1) is 0 Å². The van der Waals surface area contributed by atoms with Crippen molar-refractivity contribution in [2.24, 2.45) is 11.7 Å². The number of nitrogens with two attached hydrogens (primary N) is 1. The summed E-state index contributed by atoms with van der Waals surface area (Å²) < 4.78 is 18.9. The Bertz CT molecular complexity index is 1080. The molecule has 0 bridgehead atoms. The summed E-state index contributed by atoms with van der Waals surface area (Å²) in [5.41, 5.74) is 10.8. The van der Waals surface area contributed by atoms with Gasteiger partial charge in [0.1, 0.15) is 12.4 Å². The molecule has 0 fully saturated rings. The van der Waals surface area contributed by atoms with Crippen LogP contribution in [-0.2, 0) is 20.7 Å². The summed E-state index contributed by atoms with van der Waals surface area (Å²) in [5, 5.41) is 9.60. The number of esters is 1. The van der Waals surface area contributed by atoms with Gasteiger partial charge in [0.05, 0.1) is 0 Å². The Morgan fingerprint density at radius 1 is 0.968 bits per heavy atom. The standard InChI is InChI=1S/C25H22FNO4/c26-16-7-5-6-15(12-16)13-22(27)23(24(28)29)25(30)31-14-21-19-10-3-1-8-17(19)18-9-2-4-11-20(18)21/h1-12,21-23H,13-14,27H2,(H,28,29)/t22?,23-/m0/s1. The summed E-state index contributed by atoms with van der Waals surface area (Å²) in [5.74, 6) is -4.42. The Balaban J connectivity index is 1.49. The maximum Gasteiger partial charge on any atom is 0.321 e. The van der Waals surface area contributed by atoms with Gasteiger partial charge in [-0.25, -0.2) is 4.39 Å². The van der Waals surface area contributed by atoms with Gasteiger partial charge < -0.3 is 15.6 Å². The third-order valence-corrected chi connectivity index (χ3v) is 5.66. The molecule has 0 spiro atoms. The van der Waals surface area contributed by atoms with Crippen LogP contribution in [0, 0.1) is 11.7 Å². The summed E-state index contributed by atoms with van der Waals surface area (Å²) in [6, 6.07) is 20.4. The number of carboxylic acid groups (broad SMARTS) is 1. The molecule has 1 aliphatic rings. The van der Waals surface area contributed by atoms with Gasteiger partial charge in [-0.1, -0.05) is 60.7 Å². The predicted molar refractivity (Wildman–Crippen MR) is 114 cm³/mol. The second-order valence-electron chi connectivity index (χ2n) is 7.67. The van der Waals surface area contributed by atoms with E-state index in [0.717, 1.165) is 22.3 Å². The number of fused-ring (bicyclic) bond motifs is 3. The van der Waals surface area contributed by atoms with Crippen molar-refractivity contribution < 1.29 is 23.8 Å². The number of rotatable bonds is 7. The maximum absolute atomic E-state index is 13.4. The first-order valence-corrected chi connectivity index (χ1v) is 10.0. The van der Waals surface area contributed by atoms with Crippen molar-refractivity contribution in [3.05, 3.63) is 95.3 Å². The van der Waals surface area contributed by atoms with Gasteiger partial charge in [-0.2, -0.15) is 0 Å². The van der Waals surface area contributed by atoms with Gasteiger partial charge in [-0.3, -0.25) is 9.59 Å². The first-order chi connectivity index (χ1) is 15.0. The summed E-state index contributed by atoms with van der Waals surface area (Å²) >= 11 is 0. The molecule has 1 aliphatic carbocycles. The largest absolute Gasteiger partial charge is 0.481 e. The molecule has 5 nitrogen and oxygen atoms in total. The molecule has 3 aromatic rings. The van der Waals surface area contributed by atoms with E-state index in [4.69, 9.17) is 10.5 Å². The number of carbonyl (C=O) groups excluding carboxylic acids is 1. The maximum atomic E-state index is 13.4. The Kier molecular flexibility index (Phi) is 5.82. The molecule has 0 radical (unpaired) electrons. The lowest BCUT2D eigenvalue weighted by Crippen LogP contribution is -2.43. The van der Waals surface area contributed by atoms with Crippen LogP contribution < -0.4 is 5.73 Å². The third kappa shape index (κ3) is 4.20. The van der Waals surface area contributed by atoms with Crippen molar-refractivity contribution in [2.45, 2.75) is 18.4 Å².